The Kier molecular flexibility index (Phi) is 15.5. The van der Waals surface area contributed by atoms with Crippen molar-refractivity contribution in [2.24, 2.45) is 0 Å². The second-order valence-electron chi connectivity index (χ2n) is 12.8. The molecule has 52 heavy (non-hydrogen) atoms. The molecule has 0 bridgehead atoms. The van der Waals surface area contributed by atoms with Gasteiger partial charge in [-0.1, -0.05) is 130 Å². The van der Waals surface area contributed by atoms with Crippen LogP contribution in [0.15, 0.2) is 109 Å². The molecule has 5 rings (SSSR count). The zero-order chi connectivity index (χ0) is 36.2. The zero-order valence-corrected chi connectivity index (χ0v) is 30.4. The second kappa shape index (κ2) is 21.2. The van der Waals surface area contributed by atoms with Crippen LogP contribution in [0.3, 0.4) is 0 Å². The summed E-state index contributed by atoms with van der Waals surface area (Å²) in [6.07, 6.45) is 13.6. The van der Waals surface area contributed by atoms with Gasteiger partial charge in [0.05, 0.1) is 13.7 Å². The summed E-state index contributed by atoms with van der Waals surface area (Å²) in [5, 5.41) is 0. The first kappa shape index (κ1) is 38.1. The Labute approximate surface area is 308 Å². The molecule has 0 aromatic heterocycles. The van der Waals surface area contributed by atoms with Gasteiger partial charge in [-0.25, -0.2) is 0 Å². The summed E-state index contributed by atoms with van der Waals surface area (Å²) in [5.41, 5.74) is 3.65. The molecule has 1 unspecified atom stereocenters. The predicted octanol–water partition coefficient (Wildman–Crippen LogP) is 10.7. The van der Waals surface area contributed by atoms with E-state index in [1.165, 1.54) is 51.0 Å². The van der Waals surface area contributed by atoms with Gasteiger partial charge in [0.2, 0.25) is 6.10 Å². The molecule has 7 nitrogen and oxygen atoms in total. The normalized spacial score (nSPS) is 13.3. The quantitative estimate of drug-likeness (QED) is 0.0516. The van der Waals surface area contributed by atoms with E-state index in [4.69, 9.17) is 28.4 Å². The van der Waals surface area contributed by atoms with E-state index in [1.807, 2.05) is 72.8 Å². The lowest BCUT2D eigenvalue weighted by atomic mass is 10.00. The Morgan fingerprint density at radius 3 is 2.04 bits per heavy atom. The Hall–Kier alpha value is -5.19. The standard InChI is InChI=1S/C45H50O7/c1-35(46)51-45-43(38-28-29-41(42(32-38)47-2)50-34-37-24-16-13-17-25-37)52-40-27-19-18-26-39(40)44(45)49-31-21-11-9-7-5-3-4-6-8-10-20-30-48-33-36-22-14-12-15-23-36/h12-19,22-29,32,44H,3-11,20,30,33-34H2,1-2H3. The molecule has 272 valence electrons. The van der Waals surface area contributed by atoms with E-state index in [9.17, 15) is 4.79 Å². The molecule has 0 N–H and O–H groups in total. The molecule has 0 amide bonds. The Balaban J connectivity index is 1.09. The van der Waals surface area contributed by atoms with Crippen LogP contribution in [0.2, 0.25) is 0 Å². The molecule has 4 aromatic rings. The lowest BCUT2D eigenvalue weighted by Crippen LogP contribution is -2.20. The van der Waals surface area contributed by atoms with Crippen molar-refractivity contribution in [1.82, 2.24) is 0 Å². The van der Waals surface area contributed by atoms with Crippen molar-refractivity contribution < 1.29 is 33.2 Å². The van der Waals surface area contributed by atoms with E-state index in [-0.39, 0.29) is 5.76 Å². The van der Waals surface area contributed by atoms with Gasteiger partial charge in [0.25, 0.3) is 0 Å². The fraction of sp³-hybridized carbons (Fsp3) is 0.356. The number of fused-ring (bicyclic) bond motifs is 1. The highest BCUT2D eigenvalue weighted by atomic mass is 16.6. The molecular formula is C45H50O7. The van der Waals surface area contributed by atoms with Gasteiger partial charge in [0, 0.05) is 31.1 Å². The van der Waals surface area contributed by atoms with E-state index >= 15 is 0 Å². The number of methoxy groups -OCH3 is 1. The number of hydrogen-bond acceptors (Lipinski definition) is 7. The number of ether oxygens (including phenoxy) is 6. The van der Waals surface area contributed by atoms with Gasteiger partial charge in [0.15, 0.2) is 23.0 Å². The SMILES string of the molecule is COc1cc(C2=C(OC(C)=O)C(OC#CCCCCCCCCCCCOCc3ccccc3)c3ccccc3O2)ccc1OCc1ccccc1. The summed E-state index contributed by atoms with van der Waals surface area (Å²) < 4.78 is 35.8. The van der Waals surface area contributed by atoms with Crippen molar-refractivity contribution >= 4 is 11.7 Å². The summed E-state index contributed by atoms with van der Waals surface area (Å²) in [7, 11) is 1.58. The molecule has 1 heterocycles. The molecular weight excluding hydrogens is 652 g/mol. The molecule has 0 fully saturated rings. The van der Waals surface area contributed by atoms with Crippen LogP contribution in [0, 0.1) is 12.0 Å². The van der Waals surface area contributed by atoms with Crippen LogP contribution in [-0.2, 0) is 32.2 Å². The van der Waals surface area contributed by atoms with Gasteiger partial charge in [-0.2, -0.15) is 0 Å². The Morgan fingerprint density at radius 2 is 1.35 bits per heavy atom. The molecule has 4 aromatic carbocycles. The number of hydrogen-bond donors (Lipinski definition) is 0. The molecule has 1 aliphatic heterocycles. The van der Waals surface area contributed by atoms with Gasteiger partial charge in [0.1, 0.15) is 18.5 Å². The van der Waals surface area contributed by atoms with Gasteiger partial charge in [-0.3, -0.25) is 4.79 Å². The average Bonchev–Trinajstić information content (AvgIpc) is 3.17. The first-order valence-corrected chi connectivity index (χ1v) is 18.4. The summed E-state index contributed by atoms with van der Waals surface area (Å²) in [5.74, 6) is 4.96. The van der Waals surface area contributed by atoms with Crippen LogP contribution in [0.1, 0.15) is 99.5 Å². The highest BCUT2D eigenvalue weighted by molar-refractivity contribution is 5.75. The van der Waals surface area contributed by atoms with Crippen molar-refractivity contribution in [1.29, 1.82) is 0 Å². The maximum absolute atomic E-state index is 12.3. The van der Waals surface area contributed by atoms with Crippen molar-refractivity contribution in [3.8, 4) is 29.3 Å². The summed E-state index contributed by atoms with van der Waals surface area (Å²) >= 11 is 0. The van der Waals surface area contributed by atoms with Crippen LogP contribution < -0.4 is 14.2 Å². The van der Waals surface area contributed by atoms with E-state index in [1.54, 1.807) is 13.2 Å². The van der Waals surface area contributed by atoms with Crippen LogP contribution in [0.5, 0.6) is 17.2 Å². The summed E-state index contributed by atoms with van der Waals surface area (Å²) in [6.45, 7) is 3.28. The second-order valence-corrected chi connectivity index (χ2v) is 12.8. The van der Waals surface area contributed by atoms with Crippen molar-refractivity contribution in [2.45, 2.75) is 90.4 Å². The molecule has 0 saturated carbocycles. The number of unbranched alkanes of at least 4 members (excludes halogenated alkanes) is 9. The number of carbonyl (C=O) groups is 1. The zero-order valence-electron chi connectivity index (χ0n) is 30.4. The topological polar surface area (TPSA) is 72.5 Å². The number of benzene rings is 4. The van der Waals surface area contributed by atoms with E-state index < -0.39 is 12.1 Å². The highest BCUT2D eigenvalue weighted by Gasteiger charge is 2.35. The minimum Gasteiger partial charge on any atom is -0.493 e. The summed E-state index contributed by atoms with van der Waals surface area (Å²) in [4.78, 5) is 12.3. The number of rotatable bonds is 20. The summed E-state index contributed by atoms with van der Waals surface area (Å²) in [6, 6.07) is 33.3. The minimum absolute atomic E-state index is 0.236. The third-order valence-corrected chi connectivity index (χ3v) is 8.74. The molecule has 1 aliphatic rings. The maximum Gasteiger partial charge on any atom is 0.307 e. The van der Waals surface area contributed by atoms with Crippen LogP contribution in [0.4, 0.5) is 0 Å². The van der Waals surface area contributed by atoms with Crippen molar-refractivity contribution in [3.05, 3.63) is 131 Å². The average molecular weight is 703 g/mol. The first-order chi connectivity index (χ1) is 25.6. The van der Waals surface area contributed by atoms with Crippen LogP contribution in [-0.4, -0.2) is 19.7 Å². The maximum atomic E-state index is 12.3. The lowest BCUT2D eigenvalue weighted by Gasteiger charge is -2.28. The molecule has 0 spiro atoms. The van der Waals surface area contributed by atoms with E-state index in [0.717, 1.165) is 43.4 Å². The monoisotopic (exact) mass is 702 g/mol. The lowest BCUT2D eigenvalue weighted by molar-refractivity contribution is -0.138. The number of para-hydroxylation sites is 1. The number of carbonyl (C=O) groups excluding carboxylic acids is 1. The van der Waals surface area contributed by atoms with Gasteiger partial charge >= 0.3 is 5.97 Å². The Bertz CT molecular complexity index is 1770. The molecule has 1 atom stereocenters. The predicted molar refractivity (Wildman–Crippen MR) is 203 cm³/mol. The fourth-order valence-electron chi connectivity index (χ4n) is 6.02. The van der Waals surface area contributed by atoms with Crippen LogP contribution in [0.25, 0.3) is 5.76 Å². The van der Waals surface area contributed by atoms with E-state index in [0.29, 0.717) is 41.8 Å². The van der Waals surface area contributed by atoms with Gasteiger partial charge in [-0.15, -0.1) is 0 Å². The van der Waals surface area contributed by atoms with Crippen molar-refractivity contribution in [3.63, 3.8) is 0 Å². The van der Waals surface area contributed by atoms with Crippen LogP contribution >= 0.6 is 0 Å². The largest absolute Gasteiger partial charge is 0.493 e. The molecule has 7 heteroatoms. The third kappa shape index (κ3) is 12.0. The first-order valence-electron chi connectivity index (χ1n) is 18.4. The number of esters is 1. The Morgan fingerprint density at radius 1 is 0.712 bits per heavy atom. The van der Waals surface area contributed by atoms with E-state index in [2.05, 4.69) is 36.3 Å². The third-order valence-electron chi connectivity index (χ3n) is 8.74. The van der Waals surface area contributed by atoms with Crippen molar-refractivity contribution in [2.75, 3.05) is 13.7 Å². The smallest absolute Gasteiger partial charge is 0.307 e. The van der Waals surface area contributed by atoms with Gasteiger partial charge < -0.3 is 28.4 Å². The highest BCUT2D eigenvalue weighted by Crippen LogP contribution is 2.44. The molecule has 0 saturated heterocycles. The fourth-order valence-corrected chi connectivity index (χ4v) is 6.02. The van der Waals surface area contributed by atoms with Gasteiger partial charge in [-0.05, 0) is 48.2 Å². The molecule has 0 aliphatic carbocycles. The minimum atomic E-state index is -0.758. The molecule has 0 radical (unpaired) electrons.